The number of Topliss-reactive ketones (excluding diaryl/α,β-unsaturated/α-hetero) is 1. The molecule has 224 valence electrons. The first-order valence-corrected chi connectivity index (χ1v) is 14.3. The average Bonchev–Trinajstić information content (AvgIpc) is 2.88. The second-order valence-electron chi connectivity index (χ2n) is 11.6. The standard InChI is InChI=1S/C32H36BrNO8/c1-8-39-24(35)18-32(28(37)41-30(2,3)4,29(38)42-31(5,6)7)27(36)26-23(40-19-20-13-10-9-11-14-20)17-21-15-12-16-22(33)25(21)34-26/h9-17H,8,18-19H2,1-7H3. The third-order valence-corrected chi connectivity index (χ3v) is 6.45. The number of ketones is 1. The van der Waals surface area contributed by atoms with Gasteiger partial charge in [-0.25, -0.2) is 4.98 Å². The molecule has 9 nitrogen and oxygen atoms in total. The Labute approximate surface area is 254 Å². The summed E-state index contributed by atoms with van der Waals surface area (Å²) in [5.41, 5.74) is -4.17. The molecule has 0 aliphatic heterocycles. The van der Waals surface area contributed by atoms with E-state index in [1.54, 1.807) is 72.7 Å². The maximum Gasteiger partial charge on any atom is 0.332 e. The van der Waals surface area contributed by atoms with E-state index >= 15 is 0 Å². The van der Waals surface area contributed by atoms with Crippen LogP contribution in [0.3, 0.4) is 0 Å². The molecule has 0 unspecified atom stereocenters. The summed E-state index contributed by atoms with van der Waals surface area (Å²) in [6.07, 6.45) is -0.961. The molecule has 2 aromatic carbocycles. The largest absolute Gasteiger partial charge is 0.486 e. The Bertz CT molecular complexity index is 1440. The SMILES string of the molecule is CCOC(=O)CC(C(=O)OC(C)(C)C)(C(=O)OC(C)(C)C)C(=O)c1nc2c(Br)cccc2cc1OCc1ccccc1. The zero-order valence-corrected chi connectivity index (χ0v) is 26.5. The zero-order chi connectivity index (χ0) is 31.3. The number of carbonyl (C=O) groups is 4. The number of benzene rings is 2. The molecule has 1 heterocycles. The van der Waals surface area contributed by atoms with Crippen molar-refractivity contribution in [3.05, 3.63) is 70.3 Å². The highest BCUT2D eigenvalue weighted by molar-refractivity contribution is 9.10. The van der Waals surface area contributed by atoms with Crippen molar-refractivity contribution in [2.45, 2.75) is 72.7 Å². The van der Waals surface area contributed by atoms with E-state index in [4.69, 9.17) is 18.9 Å². The third-order valence-electron chi connectivity index (χ3n) is 5.81. The van der Waals surface area contributed by atoms with Crippen molar-refractivity contribution in [3.8, 4) is 5.75 Å². The van der Waals surface area contributed by atoms with E-state index in [-0.39, 0.29) is 24.7 Å². The molecule has 0 amide bonds. The van der Waals surface area contributed by atoms with Crippen molar-refractivity contribution in [1.29, 1.82) is 0 Å². The molecule has 0 fully saturated rings. The summed E-state index contributed by atoms with van der Waals surface area (Å²) in [7, 11) is 0. The number of ether oxygens (including phenoxy) is 4. The Kier molecular flexibility index (Phi) is 10.1. The summed E-state index contributed by atoms with van der Waals surface area (Å²) in [4.78, 5) is 60.1. The molecule has 0 N–H and O–H groups in total. The van der Waals surface area contributed by atoms with Crippen molar-refractivity contribution in [1.82, 2.24) is 4.98 Å². The number of pyridine rings is 1. The fourth-order valence-corrected chi connectivity index (χ4v) is 4.48. The highest BCUT2D eigenvalue weighted by Gasteiger charge is 2.60. The highest BCUT2D eigenvalue weighted by atomic mass is 79.9. The predicted molar refractivity (Wildman–Crippen MR) is 160 cm³/mol. The molecule has 0 saturated heterocycles. The number of nitrogens with zero attached hydrogens (tertiary/aromatic N) is 1. The fraction of sp³-hybridized carbons (Fsp3) is 0.406. The number of hydrogen-bond acceptors (Lipinski definition) is 9. The minimum Gasteiger partial charge on any atom is -0.486 e. The third kappa shape index (κ3) is 7.94. The lowest BCUT2D eigenvalue weighted by Gasteiger charge is -2.33. The smallest absolute Gasteiger partial charge is 0.332 e. The lowest BCUT2D eigenvalue weighted by molar-refractivity contribution is -0.184. The molecule has 0 atom stereocenters. The van der Waals surface area contributed by atoms with Gasteiger partial charge in [0.15, 0.2) is 5.69 Å². The van der Waals surface area contributed by atoms with Gasteiger partial charge in [-0.05, 0) is 82.1 Å². The molecule has 0 bridgehead atoms. The number of fused-ring (bicyclic) bond motifs is 1. The van der Waals surface area contributed by atoms with E-state index in [2.05, 4.69) is 20.9 Å². The molecule has 3 aromatic rings. The summed E-state index contributed by atoms with van der Waals surface area (Å²) in [6, 6.07) is 16.2. The van der Waals surface area contributed by atoms with Crippen molar-refractivity contribution >= 4 is 50.5 Å². The maximum absolute atomic E-state index is 14.7. The first-order chi connectivity index (χ1) is 19.6. The van der Waals surface area contributed by atoms with Crippen LogP contribution in [-0.2, 0) is 35.2 Å². The van der Waals surface area contributed by atoms with Crippen molar-refractivity contribution in [2.75, 3.05) is 6.61 Å². The van der Waals surface area contributed by atoms with Crippen LogP contribution in [0.2, 0.25) is 0 Å². The van der Waals surface area contributed by atoms with Gasteiger partial charge in [0, 0.05) is 9.86 Å². The molecule has 0 radical (unpaired) electrons. The Balaban J connectivity index is 2.31. The summed E-state index contributed by atoms with van der Waals surface area (Å²) in [6.45, 7) is 11.1. The lowest BCUT2D eigenvalue weighted by Crippen LogP contribution is -2.53. The predicted octanol–water partition coefficient (Wildman–Crippen LogP) is 6.38. The molecule has 0 spiro atoms. The van der Waals surface area contributed by atoms with Crippen LogP contribution in [0.4, 0.5) is 0 Å². The zero-order valence-electron chi connectivity index (χ0n) is 24.9. The van der Waals surface area contributed by atoms with Crippen LogP contribution in [0, 0.1) is 5.41 Å². The van der Waals surface area contributed by atoms with Gasteiger partial charge in [-0.2, -0.15) is 0 Å². The maximum atomic E-state index is 14.7. The topological polar surface area (TPSA) is 118 Å². The quantitative estimate of drug-likeness (QED) is 0.107. The molecule has 0 aliphatic rings. The van der Waals surface area contributed by atoms with E-state index in [9.17, 15) is 19.2 Å². The molecular formula is C32H36BrNO8. The van der Waals surface area contributed by atoms with E-state index in [1.807, 2.05) is 30.3 Å². The van der Waals surface area contributed by atoms with Crippen LogP contribution in [0.15, 0.2) is 59.1 Å². The summed E-state index contributed by atoms with van der Waals surface area (Å²) in [5.74, 6) is -4.58. The molecule has 10 heteroatoms. The minimum absolute atomic E-state index is 0.00908. The lowest BCUT2D eigenvalue weighted by atomic mass is 9.77. The van der Waals surface area contributed by atoms with E-state index in [1.165, 1.54) is 0 Å². The molecule has 0 saturated carbocycles. The molecule has 0 aliphatic carbocycles. The van der Waals surface area contributed by atoms with Gasteiger partial charge in [0.05, 0.1) is 18.5 Å². The van der Waals surface area contributed by atoms with E-state index < -0.39 is 46.7 Å². The number of esters is 3. The summed E-state index contributed by atoms with van der Waals surface area (Å²) in [5, 5.41) is 0.634. The molecular weight excluding hydrogens is 606 g/mol. The van der Waals surface area contributed by atoms with Gasteiger partial charge in [-0.15, -0.1) is 0 Å². The van der Waals surface area contributed by atoms with E-state index in [0.717, 1.165) is 5.56 Å². The van der Waals surface area contributed by atoms with Gasteiger partial charge in [0.25, 0.3) is 0 Å². The Morgan fingerprint density at radius 2 is 1.43 bits per heavy atom. The van der Waals surface area contributed by atoms with Gasteiger partial charge in [-0.1, -0.05) is 42.5 Å². The first kappa shape index (κ1) is 32.7. The summed E-state index contributed by atoms with van der Waals surface area (Å²) >= 11 is 3.46. The van der Waals surface area contributed by atoms with Crippen molar-refractivity contribution in [2.24, 2.45) is 5.41 Å². The monoisotopic (exact) mass is 641 g/mol. The van der Waals surface area contributed by atoms with Gasteiger partial charge in [0.2, 0.25) is 11.2 Å². The van der Waals surface area contributed by atoms with Gasteiger partial charge < -0.3 is 18.9 Å². The minimum atomic E-state index is -2.78. The molecule has 1 aromatic heterocycles. The average molecular weight is 643 g/mol. The van der Waals surface area contributed by atoms with Crippen LogP contribution in [0.25, 0.3) is 10.9 Å². The van der Waals surface area contributed by atoms with Crippen LogP contribution < -0.4 is 4.74 Å². The van der Waals surface area contributed by atoms with Gasteiger partial charge in [0.1, 0.15) is 23.6 Å². The van der Waals surface area contributed by atoms with Crippen LogP contribution in [0.1, 0.15) is 70.9 Å². The van der Waals surface area contributed by atoms with Crippen LogP contribution in [-0.4, -0.2) is 46.5 Å². The number of halogens is 1. The normalized spacial score (nSPS) is 12.0. The Morgan fingerprint density at radius 3 is 1.98 bits per heavy atom. The van der Waals surface area contributed by atoms with Crippen molar-refractivity contribution in [3.63, 3.8) is 0 Å². The number of hydrogen-bond donors (Lipinski definition) is 0. The van der Waals surface area contributed by atoms with Gasteiger partial charge in [-0.3, -0.25) is 19.2 Å². The molecule has 3 rings (SSSR count). The number of para-hydroxylation sites is 1. The van der Waals surface area contributed by atoms with Crippen molar-refractivity contribution < 1.29 is 38.1 Å². The summed E-state index contributed by atoms with van der Waals surface area (Å²) < 4.78 is 22.9. The fourth-order valence-electron chi connectivity index (χ4n) is 4.01. The van der Waals surface area contributed by atoms with Crippen LogP contribution in [0.5, 0.6) is 5.75 Å². The van der Waals surface area contributed by atoms with Gasteiger partial charge >= 0.3 is 17.9 Å². The Hall–Kier alpha value is -3.79. The molecule has 42 heavy (non-hydrogen) atoms. The number of carbonyl (C=O) groups excluding carboxylic acids is 4. The van der Waals surface area contributed by atoms with E-state index in [0.29, 0.717) is 15.4 Å². The first-order valence-electron chi connectivity index (χ1n) is 13.5. The number of aromatic nitrogens is 1. The second kappa shape index (κ2) is 13.0. The Morgan fingerprint density at radius 1 is 0.833 bits per heavy atom. The number of rotatable bonds is 10. The second-order valence-corrected chi connectivity index (χ2v) is 12.5. The van der Waals surface area contributed by atoms with Crippen LogP contribution >= 0.6 is 15.9 Å². The highest BCUT2D eigenvalue weighted by Crippen LogP contribution is 2.38.